The third kappa shape index (κ3) is 5.04. The molecule has 2 atom stereocenters. The van der Waals surface area contributed by atoms with Crippen molar-refractivity contribution in [3.8, 4) is 0 Å². The molecule has 2 aromatic rings. The van der Waals surface area contributed by atoms with Crippen LogP contribution < -0.4 is 0 Å². The normalized spacial score (nSPS) is 22.1. The van der Waals surface area contributed by atoms with Gasteiger partial charge < -0.3 is 14.5 Å². The Kier molecular flexibility index (Phi) is 6.96. The summed E-state index contributed by atoms with van der Waals surface area (Å²) in [7, 11) is 0. The third-order valence-corrected chi connectivity index (χ3v) is 6.73. The Balaban J connectivity index is 1.49. The summed E-state index contributed by atoms with van der Waals surface area (Å²) >= 11 is 3.44. The number of amides is 2. The van der Waals surface area contributed by atoms with E-state index in [1.165, 1.54) is 0 Å². The van der Waals surface area contributed by atoms with Crippen LogP contribution in [0.1, 0.15) is 64.7 Å². The molecule has 0 unspecified atom stereocenters. The largest absolute Gasteiger partial charge is 0.372 e. The van der Waals surface area contributed by atoms with Gasteiger partial charge in [0.15, 0.2) is 0 Å². The number of benzene rings is 1. The molecule has 0 bridgehead atoms. The van der Waals surface area contributed by atoms with Crippen LogP contribution >= 0.6 is 15.9 Å². The summed E-state index contributed by atoms with van der Waals surface area (Å²) in [4.78, 5) is 34.9. The van der Waals surface area contributed by atoms with Gasteiger partial charge in [-0.15, -0.1) is 0 Å². The molecule has 32 heavy (non-hydrogen) atoms. The zero-order valence-corrected chi connectivity index (χ0v) is 20.5. The lowest BCUT2D eigenvalue weighted by molar-refractivity contribution is -0.0586. The molecule has 4 rings (SSSR count). The molecule has 170 valence electrons. The van der Waals surface area contributed by atoms with Crippen LogP contribution in [0.5, 0.6) is 0 Å². The molecular formula is C25H30BrN3O3. The van der Waals surface area contributed by atoms with Crippen molar-refractivity contribution in [1.29, 1.82) is 0 Å². The number of rotatable bonds is 3. The van der Waals surface area contributed by atoms with Gasteiger partial charge in [-0.25, -0.2) is 0 Å². The van der Waals surface area contributed by atoms with E-state index in [1.807, 2.05) is 67.0 Å². The van der Waals surface area contributed by atoms with Gasteiger partial charge in [-0.1, -0.05) is 22.0 Å². The SMILES string of the molecule is Cc1ccc(C(=O)N2C[C@@H](C)O[C@H](C)C2)c(C2CCN(C(=O)c3cccc(Br)c3)CC2)n1. The van der Waals surface area contributed by atoms with E-state index in [1.54, 1.807) is 0 Å². The number of carbonyl (C=O) groups excluding carboxylic acids is 2. The lowest BCUT2D eigenvalue weighted by Crippen LogP contribution is -2.48. The minimum absolute atomic E-state index is 0.0248. The quantitative estimate of drug-likeness (QED) is 0.626. The molecule has 7 heteroatoms. The van der Waals surface area contributed by atoms with Crippen LogP contribution in [0.3, 0.4) is 0 Å². The number of aromatic nitrogens is 1. The molecule has 2 aliphatic heterocycles. The molecule has 2 amide bonds. The van der Waals surface area contributed by atoms with E-state index in [0.717, 1.165) is 28.7 Å². The fourth-order valence-corrected chi connectivity index (χ4v) is 5.14. The summed E-state index contributed by atoms with van der Waals surface area (Å²) in [6.07, 6.45) is 1.65. The van der Waals surface area contributed by atoms with E-state index >= 15 is 0 Å². The number of ether oxygens (including phenoxy) is 1. The first kappa shape index (κ1) is 22.9. The van der Waals surface area contributed by atoms with Gasteiger partial charge in [-0.05, 0) is 63.9 Å². The third-order valence-electron chi connectivity index (χ3n) is 6.24. The maximum absolute atomic E-state index is 13.4. The summed E-state index contributed by atoms with van der Waals surface area (Å²) in [6.45, 7) is 8.47. The minimum Gasteiger partial charge on any atom is -0.372 e. The van der Waals surface area contributed by atoms with Crippen LogP contribution in [-0.4, -0.2) is 65.0 Å². The highest BCUT2D eigenvalue weighted by molar-refractivity contribution is 9.10. The number of piperidine rings is 1. The Labute approximate surface area is 198 Å². The highest BCUT2D eigenvalue weighted by Gasteiger charge is 2.32. The van der Waals surface area contributed by atoms with Crippen molar-refractivity contribution in [2.24, 2.45) is 0 Å². The first-order valence-corrected chi connectivity index (χ1v) is 12.1. The van der Waals surface area contributed by atoms with Crippen molar-refractivity contribution in [3.63, 3.8) is 0 Å². The molecule has 0 N–H and O–H groups in total. The molecule has 0 radical (unpaired) electrons. The minimum atomic E-state index is 0.0248. The summed E-state index contributed by atoms with van der Waals surface area (Å²) in [5.41, 5.74) is 3.16. The predicted octanol–water partition coefficient (Wildman–Crippen LogP) is 4.42. The lowest BCUT2D eigenvalue weighted by Gasteiger charge is -2.36. The Hall–Kier alpha value is -2.25. The van der Waals surface area contributed by atoms with Crippen molar-refractivity contribution in [3.05, 3.63) is 63.4 Å². The smallest absolute Gasteiger partial charge is 0.255 e. The van der Waals surface area contributed by atoms with E-state index in [4.69, 9.17) is 9.72 Å². The summed E-state index contributed by atoms with van der Waals surface area (Å²) in [6, 6.07) is 11.3. The van der Waals surface area contributed by atoms with Crippen molar-refractivity contribution < 1.29 is 14.3 Å². The van der Waals surface area contributed by atoms with Gasteiger partial charge in [0, 0.05) is 47.8 Å². The number of hydrogen-bond donors (Lipinski definition) is 0. The second-order valence-corrected chi connectivity index (χ2v) is 9.85. The highest BCUT2D eigenvalue weighted by atomic mass is 79.9. The predicted molar refractivity (Wildman–Crippen MR) is 127 cm³/mol. The van der Waals surface area contributed by atoms with Crippen molar-refractivity contribution >= 4 is 27.7 Å². The molecule has 2 fully saturated rings. The van der Waals surface area contributed by atoms with Crippen LogP contribution in [0.15, 0.2) is 40.9 Å². The van der Waals surface area contributed by atoms with Crippen LogP contribution in [0.4, 0.5) is 0 Å². The van der Waals surface area contributed by atoms with E-state index in [-0.39, 0.29) is 29.9 Å². The Morgan fingerprint density at radius 1 is 1.00 bits per heavy atom. The summed E-state index contributed by atoms with van der Waals surface area (Å²) < 4.78 is 6.70. The van der Waals surface area contributed by atoms with E-state index in [9.17, 15) is 9.59 Å². The molecule has 1 aromatic carbocycles. The van der Waals surface area contributed by atoms with Crippen LogP contribution in [-0.2, 0) is 4.74 Å². The van der Waals surface area contributed by atoms with E-state index in [0.29, 0.717) is 37.3 Å². The van der Waals surface area contributed by atoms with Gasteiger partial charge in [0.05, 0.1) is 23.5 Å². The van der Waals surface area contributed by atoms with Crippen LogP contribution in [0, 0.1) is 6.92 Å². The maximum atomic E-state index is 13.4. The maximum Gasteiger partial charge on any atom is 0.255 e. The molecule has 1 aromatic heterocycles. The van der Waals surface area contributed by atoms with Crippen LogP contribution in [0.25, 0.3) is 0 Å². The second-order valence-electron chi connectivity index (χ2n) is 8.93. The first-order valence-electron chi connectivity index (χ1n) is 11.3. The topological polar surface area (TPSA) is 62.7 Å². The Bertz CT molecular complexity index is 994. The molecule has 2 saturated heterocycles. The van der Waals surface area contributed by atoms with Gasteiger partial charge in [0.1, 0.15) is 0 Å². The number of aryl methyl sites for hydroxylation is 1. The van der Waals surface area contributed by atoms with E-state index < -0.39 is 0 Å². The molecule has 2 aliphatic rings. The van der Waals surface area contributed by atoms with Crippen molar-refractivity contribution in [2.75, 3.05) is 26.2 Å². The van der Waals surface area contributed by atoms with Crippen molar-refractivity contribution in [1.82, 2.24) is 14.8 Å². The monoisotopic (exact) mass is 499 g/mol. The average molecular weight is 500 g/mol. The zero-order valence-electron chi connectivity index (χ0n) is 18.9. The fourth-order valence-electron chi connectivity index (χ4n) is 4.74. The molecular weight excluding hydrogens is 470 g/mol. The number of carbonyl (C=O) groups is 2. The standard InChI is InChI=1S/C25H30BrN3O3/c1-16-7-8-22(25(31)29-14-17(2)32-18(3)15-29)23(27-16)19-9-11-28(12-10-19)24(30)20-5-4-6-21(26)13-20/h4-8,13,17-19H,9-12,14-15H2,1-3H3/t17-,18-/m1/s1. The van der Waals surface area contributed by atoms with Gasteiger partial charge >= 0.3 is 0 Å². The van der Waals surface area contributed by atoms with Gasteiger partial charge in [-0.2, -0.15) is 0 Å². The van der Waals surface area contributed by atoms with Gasteiger partial charge in [-0.3, -0.25) is 14.6 Å². The molecule has 3 heterocycles. The Morgan fingerprint density at radius 2 is 1.69 bits per heavy atom. The number of pyridine rings is 1. The number of likely N-dealkylation sites (tertiary alicyclic amines) is 1. The second kappa shape index (κ2) is 9.71. The number of morpholine rings is 1. The lowest BCUT2D eigenvalue weighted by atomic mass is 9.89. The van der Waals surface area contributed by atoms with Crippen LogP contribution in [0.2, 0.25) is 0 Å². The molecule has 6 nitrogen and oxygen atoms in total. The summed E-state index contributed by atoms with van der Waals surface area (Å²) in [5.74, 6) is 0.244. The first-order chi connectivity index (χ1) is 15.3. The summed E-state index contributed by atoms with van der Waals surface area (Å²) in [5, 5.41) is 0. The number of halogens is 1. The molecule has 0 aliphatic carbocycles. The zero-order chi connectivity index (χ0) is 22.8. The molecule has 0 spiro atoms. The molecule has 0 saturated carbocycles. The van der Waals surface area contributed by atoms with Gasteiger partial charge in [0.2, 0.25) is 0 Å². The van der Waals surface area contributed by atoms with Crippen molar-refractivity contribution in [2.45, 2.75) is 51.7 Å². The Morgan fingerprint density at radius 3 is 2.34 bits per heavy atom. The van der Waals surface area contributed by atoms with Gasteiger partial charge in [0.25, 0.3) is 11.8 Å². The fraction of sp³-hybridized carbons (Fsp3) is 0.480. The number of nitrogens with zero attached hydrogens (tertiary/aromatic N) is 3. The van der Waals surface area contributed by atoms with E-state index in [2.05, 4.69) is 15.9 Å². The average Bonchev–Trinajstić information content (AvgIpc) is 2.77. The highest BCUT2D eigenvalue weighted by Crippen LogP contribution is 2.31. The number of hydrogen-bond acceptors (Lipinski definition) is 4.